The lowest BCUT2D eigenvalue weighted by atomic mass is 10.00. The first-order valence-electron chi connectivity index (χ1n) is 6.05. The highest BCUT2D eigenvalue weighted by atomic mass is 32.2. The van der Waals surface area contributed by atoms with E-state index in [2.05, 4.69) is 16.4 Å². The molecule has 90 valence electrons. The molecule has 2 aliphatic rings. The van der Waals surface area contributed by atoms with Crippen molar-refractivity contribution in [3.05, 3.63) is 11.6 Å². The topological polar surface area (TPSA) is 48.7 Å². The number of nitriles is 1. The standard InChI is InChI=1S/C12H15N3S2/c13-8-12(15-9-1-2-9)4-3-10(7-12)17-11-14-5-6-16-11/h5-6,9-10,15H,1-4,7H2. The largest absolute Gasteiger partial charge is 0.297 e. The minimum absolute atomic E-state index is 0.254. The van der Waals surface area contributed by atoms with Crippen LogP contribution in [-0.4, -0.2) is 21.8 Å². The number of nitrogens with zero attached hydrogens (tertiary/aromatic N) is 2. The molecule has 2 aliphatic carbocycles. The van der Waals surface area contributed by atoms with Gasteiger partial charge in [0.2, 0.25) is 0 Å². The van der Waals surface area contributed by atoms with Crippen LogP contribution < -0.4 is 5.32 Å². The fourth-order valence-corrected chi connectivity index (χ4v) is 4.56. The van der Waals surface area contributed by atoms with Crippen LogP contribution in [0, 0.1) is 11.3 Å². The van der Waals surface area contributed by atoms with E-state index in [-0.39, 0.29) is 5.54 Å². The van der Waals surface area contributed by atoms with Gasteiger partial charge in [0.1, 0.15) is 9.88 Å². The second kappa shape index (κ2) is 4.60. The molecule has 0 radical (unpaired) electrons. The molecule has 0 amide bonds. The number of rotatable bonds is 4. The van der Waals surface area contributed by atoms with Crippen LogP contribution in [0.2, 0.25) is 0 Å². The normalized spacial score (nSPS) is 32.5. The van der Waals surface area contributed by atoms with Gasteiger partial charge < -0.3 is 0 Å². The average Bonchev–Trinajstić information content (AvgIpc) is 2.84. The Balaban J connectivity index is 1.61. The van der Waals surface area contributed by atoms with Crippen molar-refractivity contribution in [1.82, 2.24) is 10.3 Å². The van der Waals surface area contributed by atoms with Gasteiger partial charge in [-0.2, -0.15) is 5.26 Å². The van der Waals surface area contributed by atoms with E-state index in [1.54, 1.807) is 11.3 Å². The third kappa shape index (κ3) is 2.65. The Morgan fingerprint density at radius 1 is 1.53 bits per heavy atom. The molecular weight excluding hydrogens is 250 g/mol. The van der Waals surface area contributed by atoms with E-state index in [0.29, 0.717) is 11.3 Å². The maximum absolute atomic E-state index is 9.40. The lowest BCUT2D eigenvalue weighted by Crippen LogP contribution is -2.43. The summed E-state index contributed by atoms with van der Waals surface area (Å²) in [6.07, 6.45) is 7.41. The molecule has 0 spiro atoms. The molecule has 17 heavy (non-hydrogen) atoms. The zero-order chi connectivity index (χ0) is 11.7. The van der Waals surface area contributed by atoms with Crippen LogP contribution in [0.5, 0.6) is 0 Å². The van der Waals surface area contributed by atoms with Crippen molar-refractivity contribution in [2.75, 3.05) is 0 Å². The number of thioether (sulfide) groups is 1. The van der Waals surface area contributed by atoms with Gasteiger partial charge in [0.25, 0.3) is 0 Å². The summed E-state index contributed by atoms with van der Waals surface area (Å²) < 4.78 is 1.13. The molecule has 2 unspecified atom stereocenters. The van der Waals surface area contributed by atoms with Crippen molar-refractivity contribution in [3.8, 4) is 6.07 Å². The van der Waals surface area contributed by atoms with Gasteiger partial charge in [-0.25, -0.2) is 4.98 Å². The first kappa shape index (κ1) is 11.5. The number of thiazole rings is 1. The maximum atomic E-state index is 9.40. The molecule has 2 atom stereocenters. The first-order chi connectivity index (χ1) is 8.30. The SMILES string of the molecule is N#CC1(NC2CC2)CCC(Sc2nccs2)C1. The molecule has 3 nitrogen and oxygen atoms in total. The van der Waals surface area contributed by atoms with E-state index in [0.717, 1.165) is 23.6 Å². The average molecular weight is 265 g/mol. The summed E-state index contributed by atoms with van der Waals surface area (Å²) in [5, 5.41) is 15.5. The molecule has 0 saturated heterocycles. The number of hydrogen-bond donors (Lipinski definition) is 1. The van der Waals surface area contributed by atoms with Gasteiger partial charge in [-0.05, 0) is 32.1 Å². The van der Waals surface area contributed by atoms with Gasteiger partial charge in [-0.1, -0.05) is 11.8 Å². The molecular formula is C12H15N3S2. The van der Waals surface area contributed by atoms with Gasteiger partial charge >= 0.3 is 0 Å². The summed E-state index contributed by atoms with van der Waals surface area (Å²) in [5.74, 6) is 0. The molecule has 0 aromatic carbocycles. The smallest absolute Gasteiger partial charge is 0.150 e. The number of hydrogen-bond acceptors (Lipinski definition) is 5. The summed E-state index contributed by atoms with van der Waals surface area (Å²) in [6.45, 7) is 0. The highest BCUT2D eigenvalue weighted by Gasteiger charge is 2.43. The Morgan fingerprint density at radius 3 is 3.06 bits per heavy atom. The molecule has 2 fully saturated rings. The van der Waals surface area contributed by atoms with Gasteiger partial charge in [-0.15, -0.1) is 11.3 Å². The molecule has 3 rings (SSSR count). The molecule has 1 aromatic rings. The van der Waals surface area contributed by atoms with E-state index in [4.69, 9.17) is 0 Å². The second-order valence-electron chi connectivity index (χ2n) is 4.89. The Hall–Kier alpha value is -0.570. The first-order valence-corrected chi connectivity index (χ1v) is 7.81. The summed E-state index contributed by atoms with van der Waals surface area (Å²) in [5.41, 5.74) is -0.254. The van der Waals surface area contributed by atoms with E-state index in [9.17, 15) is 5.26 Å². The molecule has 1 aromatic heterocycles. The maximum Gasteiger partial charge on any atom is 0.150 e. The molecule has 0 bridgehead atoms. The van der Waals surface area contributed by atoms with Crippen molar-refractivity contribution in [2.45, 2.75) is 53.3 Å². The molecule has 2 saturated carbocycles. The van der Waals surface area contributed by atoms with Crippen LogP contribution in [0.4, 0.5) is 0 Å². The van der Waals surface area contributed by atoms with Crippen LogP contribution >= 0.6 is 23.1 Å². The number of nitrogens with one attached hydrogen (secondary N) is 1. The van der Waals surface area contributed by atoms with Crippen LogP contribution in [0.25, 0.3) is 0 Å². The molecule has 0 aliphatic heterocycles. The van der Waals surface area contributed by atoms with Crippen molar-refractivity contribution in [3.63, 3.8) is 0 Å². The van der Waals surface area contributed by atoms with Crippen LogP contribution in [0.15, 0.2) is 15.9 Å². The van der Waals surface area contributed by atoms with Crippen LogP contribution in [0.3, 0.4) is 0 Å². The highest BCUT2D eigenvalue weighted by Crippen LogP contribution is 2.41. The predicted octanol–water partition coefficient (Wildman–Crippen LogP) is 2.80. The lowest BCUT2D eigenvalue weighted by Gasteiger charge is -2.22. The zero-order valence-electron chi connectivity index (χ0n) is 9.56. The summed E-state index contributed by atoms with van der Waals surface area (Å²) >= 11 is 3.53. The monoisotopic (exact) mass is 265 g/mol. The molecule has 1 N–H and O–H groups in total. The Bertz CT molecular complexity index is 421. The Kier molecular flexibility index (Phi) is 3.12. The third-order valence-electron chi connectivity index (χ3n) is 3.42. The van der Waals surface area contributed by atoms with Crippen molar-refractivity contribution in [1.29, 1.82) is 5.26 Å². The van der Waals surface area contributed by atoms with E-state index in [1.807, 2.05) is 23.3 Å². The van der Waals surface area contributed by atoms with Gasteiger partial charge in [0.15, 0.2) is 0 Å². The van der Waals surface area contributed by atoms with Crippen molar-refractivity contribution < 1.29 is 0 Å². The van der Waals surface area contributed by atoms with Gasteiger partial charge in [0.05, 0.1) is 6.07 Å². The van der Waals surface area contributed by atoms with Crippen molar-refractivity contribution in [2.24, 2.45) is 0 Å². The zero-order valence-corrected chi connectivity index (χ0v) is 11.2. The fraction of sp³-hybridized carbons (Fsp3) is 0.667. The predicted molar refractivity (Wildman–Crippen MR) is 70.1 cm³/mol. The minimum Gasteiger partial charge on any atom is -0.297 e. The number of aromatic nitrogens is 1. The van der Waals surface area contributed by atoms with Crippen LogP contribution in [0.1, 0.15) is 32.1 Å². The van der Waals surface area contributed by atoms with E-state index < -0.39 is 0 Å². The second-order valence-corrected chi connectivity index (χ2v) is 7.34. The summed E-state index contributed by atoms with van der Waals surface area (Å²) in [4.78, 5) is 4.30. The van der Waals surface area contributed by atoms with E-state index >= 15 is 0 Å². The Morgan fingerprint density at radius 2 is 2.41 bits per heavy atom. The molecule has 5 heteroatoms. The highest BCUT2D eigenvalue weighted by molar-refractivity contribution is 8.01. The Labute approximate surface area is 110 Å². The summed E-state index contributed by atoms with van der Waals surface area (Å²) in [7, 11) is 0. The van der Waals surface area contributed by atoms with Gasteiger partial charge in [-0.3, -0.25) is 5.32 Å². The van der Waals surface area contributed by atoms with Crippen molar-refractivity contribution >= 4 is 23.1 Å². The van der Waals surface area contributed by atoms with Gasteiger partial charge in [0, 0.05) is 22.9 Å². The van der Waals surface area contributed by atoms with Crippen LogP contribution in [-0.2, 0) is 0 Å². The minimum atomic E-state index is -0.254. The van der Waals surface area contributed by atoms with E-state index in [1.165, 1.54) is 12.8 Å². The third-order valence-corrected chi connectivity index (χ3v) is 5.60. The lowest BCUT2D eigenvalue weighted by molar-refractivity contribution is 0.420. The quantitative estimate of drug-likeness (QED) is 0.909. The molecule has 1 heterocycles. The fourth-order valence-electron chi connectivity index (χ4n) is 2.40. The summed E-state index contributed by atoms with van der Waals surface area (Å²) in [6, 6.07) is 3.13.